The minimum absolute atomic E-state index is 0.137. The van der Waals surface area contributed by atoms with Gasteiger partial charge in [-0.3, -0.25) is 14.6 Å². The van der Waals surface area contributed by atoms with E-state index in [0.29, 0.717) is 29.4 Å². The van der Waals surface area contributed by atoms with Crippen LogP contribution in [0.1, 0.15) is 22.3 Å². The van der Waals surface area contributed by atoms with Crippen molar-refractivity contribution in [2.75, 3.05) is 19.0 Å². The Kier molecular flexibility index (Phi) is 7.35. The molecule has 0 saturated heterocycles. The average Bonchev–Trinajstić information content (AvgIpc) is 2.87. The number of hydrogen-bond donors (Lipinski definition) is 2. The average molecular weight is 456 g/mol. The molecule has 1 aromatic heterocycles. The highest BCUT2D eigenvalue weighted by molar-refractivity contribution is 5.99. The zero-order chi connectivity index (χ0) is 23.8. The van der Waals surface area contributed by atoms with Crippen molar-refractivity contribution in [2.24, 2.45) is 0 Å². The van der Waals surface area contributed by atoms with Gasteiger partial charge in [0.25, 0.3) is 5.91 Å². The van der Waals surface area contributed by atoms with E-state index in [1.165, 1.54) is 0 Å². The van der Waals surface area contributed by atoms with E-state index in [-0.39, 0.29) is 24.8 Å². The molecule has 1 heterocycles. The van der Waals surface area contributed by atoms with Crippen LogP contribution >= 0.6 is 0 Å². The fourth-order valence-corrected chi connectivity index (χ4v) is 3.45. The van der Waals surface area contributed by atoms with Crippen molar-refractivity contribution in [1.29, 1.82) is 0 Å². The van der Waals surface area contributed by atoms with Gasteiger partial charge < -0.3 is 20.1 Å². The van der Waals surface area contributed by atoms with Gasteiger partial charge >= 0.3 is 0 Å². The molecule has 7 heteroatoms. The lowest BCUT2D eigenvalue weighted by atomic mass is 10.1. The fraction of sp³-hybridized carbons (Fsp3) is 0.148. The van der Waals surface area contributed by atoms with Crippen molar-refractivity contribution in [2.45, 2.75) is 13.0 Å². The molecule has 0 bridgehead atoms. The lowest BCUT2D eigenvalue weighted by molar-refractivity contribution is -0.116. The largest absolute Gasteiger partial charge is 0.493 e. The number of hydrogen-bond acceptors (Lipinski definition) is 5. The Hall–Kier alpha value is -4.39. The summed E-state index contributed by atoms with van der Waals surface area (Å²) in [4.78, 5) is 28.9. The monoisotopic (exact) mass is 455 g/mol. The summed E-state index contributed by atoms with van der Waals surface area (Å²) in [5.74, 6) is 0.648. The Morgan fingerprint density at radius 1 is 0.882 bits per heavy atom. The molecular weight excluding hydrogens is 430 g/mol. The molecule has 7 nitrogen and oxygen atoms in total. The zero-order valence-electron chi connectivity index (χ0n) is 18.8. The van der Waals surface area contributed by atoms with Gasteiger partial charge in [-0.25, -0.2) is 0 Å². The second kappa shape index (κ2) is 11.0. The van der Waals surface area contributed by atoms with E-state index >= 15 is 0 Å². The highest BCUT2D eigenvalue weighted by Gasteiger charge is 2.11. The molecule has 0 radical (unpaired) electrons. The number of anilines is 1. The summed E-state index contributed by atoms with van der Waals surface area (Å²) in [6.07, 6.45) is 3.54. The molecule has 0 saturated carbocycles. The predicted molar refractivity (Wildman–Crippen MR) is 131 cm³/mol. The van der Waals surface area contributed by atoms with Crippen LogP contribution < -0.4 is 20.1 Å². The first-order valence-corrected chi connectivity index (χ1v) is 10.9. The normalized spacial score (nSPS) is 10.5. The molecular formula is C27H25N3O4. The van der Waals surface area contributed by atoms with Gasteiger partial charge in [0.15, 0.2) is 11.5 Å². The van der Waals surface area contributed by atoms with Gasteiger partial charge in [-0.1, -0.05) is 30.3 Å². The Bertz CT molecular complexity index is 1290. The Labute approximate surface area is 197 Å². The standard InChI is InChI=1S/C27H25N3O4/c1-33-24-9-8-23(17-25(24)34-18-19-10-13-28-14-11-19)30-26(31)12-15-29-27(32)22-7-6-20-4-2-3-5-21(20)16-22/h2-11,13-14,16-17H,12,15,18H2,1H3,(H,29,32)(H,30,31). The summed E-state index contributed by atoms with van der Waals surface area (Å²) in [5, 5.41) is 7.70. The van der Waals surface area contributed by atoms with E-state index in [9.17, 15) is 9.59 Å². The molecule has 0 spiro atoms. The van der Waals surface area contributed by atoms with Crippen LogP contribution in [0.25, 0.3) is 10.8 Å². The molecule has 3 aromatic carbocycles. The van der Waals surface area contributed by atoms with Crippen molar-refractivity contribution < 1.29 is 19.1 Å². The minimum Gasteiger partial charge on any atom is -0.493 e. The second-order valence-corrected chi connectivity index (χ2v) is 7.63. The maximum Gasteiger partial charge on any atom is 0.251 e. The SMILES string of the molecule is COc1ccc(NC(=O)CCNC(=O)c2ccc3ccccc3c2)cc1OCc1ccncc1. The number of carbonyl (C=O) groups excluding carboxylic acids is 2. The number of amides is 2. The molecule has 0 aliphatic carbocycles. The molecule has 0 unspecified atom stereocenters. The maximum atomic E-state index is 12.5. The van der Waals surface area contributed by atoms with Crippen LogP contribution in [0.3, 0.4) is 0 Å². The van der Waals surface area contributed by atoms with Gasteiger partial charge in [-0.2, -0.15) is 0 Å². The van der Waals surface area contributed by atoms with Gasteiger partial charge in [0.2, 0.25) is 5.91 Å². The number of fused-ring (bicyclic) bond motifs is 1. The molecule has 4 rings (SSSR count). The summed E-state index contributed by atoms with van der Waals surface area (Å²) < 4.78 is 11.2. The van der Waals surface area contributed by atoms with Crippen molar-refractivity contribution in [1.82, 2.24) is 10.3 Å². The third-order valence-electron chi connectivity index (χ3n) is 5.24. The van der Waals surface area contributed by atoms with Crippen LogP contribution in [0.15, 0.2) is 85.2 Å². The summed E-state index contributed by atoms with van der Waals surface area (Å²) >= 11 is 0. The number of benzene rings is 3. The summed E-state index contributed by atoms with van der Waals surface area (Å²) in [6.45, 7) is 0.566. The van der Waals surface area contributed by atoms with Crippen molar-refractivity contribution in [3.05, 3.63) is 96.3 Å². The van der Waals surface area contributed by atoms with Crippen molar-refractivity contribution in [3.63, 3.8) is 0 Å². The lowest BCUT2D eigenvalue weighted by Gasteiger charge is -2.13. The second-order valence-electron chi connectivity index (χ2n) is 7.63. The van der Waals surface area contributed by atoms with Crippen LogP contribution in [-0.2, 0) is 11.4 Å². The van der Waals surface area contributed by atoms with Crippen LogP contribution in [0.2, 0.25) is 0 Å². The lowest BCUT2D eigenvalue weighted by Crippen LogP contribution is -2.27. The van der Waals surface area contributed by atoms with Crippen LogP contribution in [0.4, 0.5) is 5.69 Å². The van der Waals surface area contributed by atoms with E-state index in [4.69, 9.17) is 9.47 Å². The van der Waals surface area contributed by atoms with Crippen molar-refractivity contribution in [3.8, 4) is 11.5 Å². The van der Waals surface area contributed by atoms with E-state index in [0.717, 1.165) is 16.3 Å². The summed E-state index contributed by atoms with van der Waals surface area (Å²) in [6, 6.07) is 22.3. The molecule has 0 fully saturated rings. The Balaban J connectivity index is 1.30. The highest BCUT2D eigenvalue weighted by Crippen LogP contribution is 2.31. The Morgan fingerprint density at radius 2 is 1.68 bits per heavy atom. The number of methoxy groups -OCH3 is 1. The number of ether oxygens (including phenoxy) is 2. The summed E-state index contributed by atoms with van der Waals surface area (Å²) in [5.41, 5.74) is 2.11. The molecule has 34 heavy (non-hydrogen) atoms. The molecule has 4 aromatic rings. The third kappa shape index (κ3) is 5.89. The zero-order valence-corrected chi connectivity index (χ0v) is 18.8. The van der Waals surface area contributed by atoms with E-state index in [2.05, 4.69) is 15.6 Å². The van der Waals surface area contributed by atoms with Gasteiger partial charge in [0.05, 0.1) is 7.11 Å². The molecule has 0 aliphatic rings. The smallest absolute Gasteiger partial charge is 0.251 e. The molecule has 0 atom stereocenters. The highest BCUT2D eigenvalue weighted by atomic mass is 16.5. The number of nitrogens with one attached hydrogen (secondary N) is 2. The van der Waals surface area contributed by atoms with E-state index in [1.54, 1.807) is 43.8 Å². The molecule has 172 valence electrons. The van der Waals surface area contributed by atoms with Gasteiger partial charge in [-0.05, 0) is 52.7 Å². The van der Waals surface area contributed by atoms with Crippen LogP contribution in [-0.4, -0.2) is 30.5 Å². The molecule has 2 N–H and O–H groups in total. The predicted octanol–water partition coefficient (Wildman–Crippen LogP) is 4.58. The molecule has 0 aliphatic heterocycles. The fourth-order valence-electron chi connectivity index (χ4n) is 3.45. The number of pyridine rings is 1. The van der Waals surface area contributed by atoms with Crippen LogP contribution in [0, 0.1) is 0 Å². The Morgan fingerprint density at radius 3 is 2.47 bits per heavy atom. The van der Waals surface area contributed by atoms with Gasteiger partial charge in [0.1, 0.15) is 6.61 Å². The van der Waals surface area contributed by atoms with Gasteiger partial charge in [-0.15, -0.1) is 0 Å². The van der Waals surface area contributed by atoms with E-state index < -0.39 is 0 Å². The first kappa shape index (κ1) is 22.8. The number of rotatable bonds is 9. The third-order valence-corrected chi connectivity index (χ3v) is 5.24. The number of carbonyl (C=O) groups is 2. The molecule has 2 amide bonds. The van der Waals surface area contributed by atoms with Gasteiger partial charge in [0, 0.05) is 42.7 Å². The van der Waals surface area contributed by atoms with E-state index in [1.807, 2.05) is 48.5 Å². The van der Waals surface area contributed by atoms with Crippen molar-refractivity contribution >= 4 is 28.3 Å². The number of nitrogens with zero attached hydrogens (tertiary/aromatic N) is 1. The number of aromatic nitrogens is 1. The topological polar surface area (TPSA) is 89.6 Å². The van der Waals surface area contributed by atoms with Crippen LogP contribution in [0.5, 0.6) is 11.5 Å². The summed E-state index contributed by atoms with van der Waals surface area (Å²) in [7, 11) is 1.56. The first-order valence-electron chi connectivity index (χ1n) is 10.9. The minimum atomic E-state index is -0.218. The maximum absolute atomic E-state index is 12.5. The first-order chi connectivity index (χ1) is 16.6. The quantitative estimate of drug-likeness (QED) is 0.386.